The van der Waals surface area contributed by atoms with Gasteiger partial charge in [0.15, 0.2) is 0 Å². The first kappa shape index (κ1) is 17.9. The van der Waals surface area contributed by atoms with Crippen molar-refractivity contribution in [2.45, 2.75) is 13.8 Å². The molecule has 0 N–H and O–H groups in total. The highest BCUT2D eigenvalue weighted by molar-refractivity contribution is 7.11. The van der Waals surface area contributed by atoms with Gasteiger partial charge in [-0.15, -0.1) is 11.3 Å². The average Bonchev–Trinajstić information content (AvgIpc) is 3.12. The molecule has 0 atom stereocenters. The zero-order valence-corrected chi connectivity index (χ0v) is 16.3. The van der Waals surface area contributed by atoms with Crippen molar-refractivity contribution in [2.75, 3.05) is 19.0 Å². The Morgan fingerprint density at radius 1 is 1.08 bits per heavy atom. The number of nitriles is 1. The van der Waals surface area contributed by atoms with Crippen molar-refractivity contribution in [1.82, 2.24) is 4.98 Å². The SMILES string of the molecule is Cc1ccc(-c2csc(C(C#N)=Cc3ccc(N(C)C)cc3)n2)cc1C. The Kier molecular flexibility index (Phi) is 5.20. The highest BCUT2D eigenvalue weighted by Gasteiger charge is 2.10. The Hall–Kier alpha value is -2.90. The number of aryl methyl sites for hydroxylation is 2. The lowest BCUT2D eigenvalue weighted by atomic mass is 10.1. The molecule has 3 nitrogen and oxygen atoms in total. The van der Waals surface area contributed by atoms with Crippen molar-refractivity contribution in [3.05, 3.63) is 69.5 Å². The van der Waals surface area contributed by atoms with E-state index in [0.29, 0.717) is 5.57 Å². The topological polar surface area (TPSA) is 39.9 Å². The van der Waals surface area contributed by atoms with Gasteiger partial charge in [0.05, 0.1) is 11.3 Å². The third-order valence-corrected chi connectivity index (χ3v) is 5.25. The minimum atomic E-state index is 0.586. The summed E-state index contributed by atoms with van der Waals surface area (Å²) < 4.78 is 0. The van der Waals surface area contributed by atoms with Crippen LogP contribution < -0.4 is 4.90 Å². The zero-order chi connectivity index (χ0) is 18.7. The summed E-state index contributed by atoms with van der Waals surface area (Å²) >= 11 is 1.50. The van der Waals surface area contributed by atoms with Crippen molar-refractivity contribution < 1.29 is 0 Å². The minimum Gasteiger partial charge on any atom is -0.378 e. The van der Waals surface area contributed by atoms with Gasteiger partial charge >= 0.3 is 0 Å². The molecule has 26 heavy (non-hydrogen) atoms. The fourth-order valence-corrected chi connectivity index (χ4v) is 3.40. The fourth-order valence-electron chi connectivity index (χ4n) is 2.61. The van der Waals surface area contributed by atoms with Crippen molar-refractivity contribution in [1.29, 1.82) is 5.26 Å². The van der Waals surface area contributed by atoms with Crippen LogP contribution in [0.25, 0.3) is 22.9 Å². The van der Waals surface area contributed by atoms with Crippen LogP contribution in [-0.4, -0.2) is 19.1 Å². The van der Waals surface area contributed by atoms with Crippen molar-refractivity contribution in [3.63, 3.8) is 0 Å². The van der Waals surface area contributed by atoms with E-state index < -0.39 is 0 Å². The predicted molar refractivity (Wildman–Crippen MR) is 111 cm³/mol. The van der Waals surface area contributed by atoms with Gasteiger partial charge < -0.3 is 4.90 Å². The van der Waals surface area contributed by atoms with E-state index in [1.54, 1.807) is 0 Å². The van der Waals surface area contributed by atoms with Crippen LogP contribution in [-0.2, 0) is 0 Å². The maximum absolute atomic E-state index is 9.58. The molecule has 1 aromatic heterocycles. The average molecular weight is 359 g/mol. The molecule has 3 rings (SSSR count). The van der Waals surface area contributed by atoms with Crippen LogP contribution in [0.2, 0.25) is 0 Å². The normalized spacial score (nSPS) is 11.3. The third kappa shape index (κ3) is 3.84. The van der Waals surface area contributed by atoms with Gasteiger partial charge in [-0.1, -0.05) is 24.3 Å². The van der Waals surface area contributed by atoms with Gasteiger partial charge in [-0.05, 0) is 54.8 Å². The van der Waals surface area contributed by atoms with Gasteiger partial charge in [0.2, 0.25) is 0 Å². The summed E-state index contributed by atoms with van der Waals surface area (Å²) in [7, 11) is 4.02. The molecular weight excluding hydrogens is 338 g/mol. The summed E-state index contributed by atoms with van der Waals surface area (Å²) in [6.07, 6.45) is 1.89. The van der Waals surface area contributed by atoms with Crippen LogP contribution in [0.15, 0.2) is 47.8 Å². The standard InChI is InChI=1S/C22H21N3S/c1-15-5-8-18(11-16(15)2)21-14-26-22(24-21)19(13-23)12-17-6-9-20(10-7-17)25(3)4/h5-12,14H,1-4H3. The molecule has 0 bridgehead atoms. The maximum atomic E-state index is 9.58. The molecule has 0 aliphatic heterocycles. The number of nitrogens with zero attached hydrogens (tertiary/aromatic N) is 3. The van der Waals surface area contributed by atoms with Gasteiger partial charge in [-0.3, -0.25) is 0 Å². The minimum absolute atomic E-state index is 0.586. The molecule has 4 heteroatoms. The Morgan fingerprint density at radius 3 is 2.42 bits per heavy atom. The first-order valence-electron chi connectivity index (χ1n) is 8.40. The fraction of sp³-hybridized carbons (Fsp3) is 0.182. The zero-order valence-electron chi connectivity index (χ0n) is 15.4. The highest BCUT2D eigenvalue weighted by Crippen LogP contribution is 2.28. The van der Waals surface area contributed by atoms with E-state index in [-0.39, 0.29) is 0 Å². The summed E-state index contributed by atoms with van der Waals surface area (Å²) in [5.41, 5.74) is 7.22. The molecule has 0 aliphatic carbocycles. The molecule has 0 unspecified atom stereocenters. The number of rotatable bonds is 4. The van der Waals surface area contributed by atoms with Gasteiger partial charge in [0, 0.05) is 30.7 Å². The lowest BCUT2D eigenvalue weighted by Gasteiger charge is -2.11. The molecule has 0 aliphatic rings. The Bertz CT molecular complexity index is 989. The van der Waals surface area contributed by atoms with E-state index in [1.165, 1.54) is 22.5 Å². The second-order valence-corrected chi connectivity index (χ2v) is 7.35. The van der Waals surface area contributed by atoms with Gasteiger partial charge in [-0.25, -0.2) is 4.98 Å². The van der Waals surface area contributed by atoms with Crippen molar-refractivity contribution in [3.8, 4) is 17.3 Å². The number of thiazole rings is 1. The Morgan fingerprint density at radius 2 is 1.81 bits per heavy atom. The van der Waals surface area contributed by atoms with Gasteiger partial charge in [0.1, 0.15) is 11.1 Å². The number of hydrogen-bond acceptors (Lipinski definition) is 4. The van der Waals surface area contributed by atoms with E-state index in [9.17, 15) is 5.26 Å². The van der Waals surface area contributed by atoms with Crippen molar-refractivity contribution in [2.24, 2.45) is 0 Å². The van der Waals surface area contributed by atoms with Crippen molar-refractivity contribution >= 4 is 28.7 Å². The number of benzene rings is 2. The summed E-state index contributed by atoms with van der Waals surface area (Å²) in [5.74, 6) is 0. The molecule has 0 saturated carbocycles. The lowest BCUT2D eigenvalue weighted by molar-refractivity contribution is 1.13. The number of aromatic nitrogens is 1. The molecule has 0 spiro atoms. The quantitative estimate of drug-likeness (QED) is 0.573. The van der Waals surface area contributed by atoms with Crippen LogP contribution in [0, 0.1) is 25.2 Å². The van der Waals surface area contributed by atoms with E-state index in [4.69, 9.17) is 0 Å². The first-order chi connectivity index (χ1) is 12.5. The summed E-state index contributed by atoms with van der Waals surface area (Å²) in [5, 5.41) is 12.3. The van der Waals surface area contributed by atoms with E-state index in [2.05, 4.69) is 48.0 Å². The number of anilines is 1. The highest BCUT2D eigenvalue weighted by atomic mass is 32.1. The third-order valence-electron chi connectivity index (χ3n) is 4.38. The van der Waals surface area contributed by atoms with E-state index in [1.807, 2.05) is 49.8 Å². The molecule has 0 fully saturated rings. The summed E-state index contributed by atoms with van der Waals surface area (Å²) in [6.45, 7) is 4.20. The molecule has 0 radical (unpaired) electrons. The van der Waals surface area contributed by atoms with Crippen LogP contribution in [0.3, 0.4) is 0 Å². The van der Waals surface area contributed by atoms with Crippen LogP contribution in [0.5, 0.6) is 0 Å². The second kappa shape index (κ2) is 7.55. The van der Waals surface area contributed by atoms with Gasteiger partial charge in [0.25, 0.3) is 0 Å². The molecular formula is C22H21N3S. The Balaban J connectivity index is 1.90. The first-order valence-corrected chi connectivity index (χ1v) is 9.28. The smallest absolute Gasteiger partial charge is 0.134 e. The second-order valence-electron chi connectivity index (χ2n) is 6.49. The summed E-state index contributed by atoms with van der Waals surface area (Å²) in [6, 6.07) is 16.7. The predicted octanol–water partition coefficient (Wildman–Crippen LogP) is 5.56. The van der Waals surface area contributed by atoms with Crippen LogP contribution >= 0.6 is 11.3 Å². The maximum Gasteiger partial charge on any atom is 0.134 e. The largest absolute Gasteiger partial charge is 0.378 e. The molecule has 2 aromatic carbocycles. The summed E-state index contributed by atoms with van der Waals surface area (Å²) in [4.78, 5) is 6.73. The van der Waals surface area contributed by atoms with E-state index in [0.717, 1.165) is 27.5 Å². The molecule has 0 amide bonds. The molecule has 3 aromatic rings. The lowest BCUT2D eigenvalue weighted by Crippen LogP contribution is -2.07. The van der Waals surface area contributed by atoms with Gasteiger partial charge in [-0.2, -0.15) is 5.26 Å². The Labute approximate surface area is 158 Å². The number of allylic oxidation sites excluding steroid dienone is 1. The molecule has 1 heterocycles. The van der Waals surface area contributed by atoms with Crippen LogP contribution in [0.1, 0.15) is 21.7 Å². The van der Waals surface area contributed by atoms with E-state index >= 15 is 0 Å². The molecule has 0 saturated heterocycles. The number of hydrogen-bond donors (Lipinski definition) is 0. The monoisotopic (exact) mass is 359 g/mol. The van der Waals surface area contributed by atoms with Crippen LogP contribution in [0.4, 0.5) is 5.69 Å². The molecule has 130 valence electrons.